The fourth-order valence-corrected chi connectivity index (χ4v) is 1.82. The van der Waals surface area contributed by atoms with Gasteiger partial charge in [-0.05, 0) is 18.2 Å². The minimum atomic E-state index is -0.509. The molecule has 0 saturated carbocycles. The third kappa shape index (κ3) is 3.16. The Bertz CT molecular complexity index is 494. The summed E-state index contributed by atoms with van der Waals surface area (Å²) < 4.78 is 5.59. The fraction of sp³-hybridized carbons (Fsp3) is 0.429. The maximum absolute atomic E-state index is 11.5. The molecular formula is C14H19N3O2. The van der Waals surface area contributed by atoms with Crippen LogP contribution >= 0.6 is 0 Å². The first-order valence-electron chi connectivity index (χ1n) is 6.29. The number of nitriles is 1. The molecule has 1 aromatic rings. The summed E-state index contributed by atoms with van der Waals surface area (Å²) in [6, 6.07) is 7.24. The van der Waals surface area contributed by atoms with Crippen LogP contribution in [0.4, 0.5) is 5.69 Å². The van der Waals surface area contributed by atoms with Crippen molar-refractivity contribution in [3.63, 3.8) is 0 Å². The molecule has 1 N–H and O–H groups in total. The molecule has 1 aromatic carbocycles. The molecule has 102 valence electrons. The summed E-state index contributed by atoms with van der Waals surface area (Å²) in [4.78, 5) is 13.4. The molecule has 5 heteroatoms. The molecule has 1 amide bonds. The standard InChI is InChI=1S/C12H13N3O2.C2H6/c1-14-12(16)11-7-15(2)9-5-8(6-13)3-4-10(9)17-11;1-2/h3-5,11H,7H2,1-2H3,(H,14,16);1-2H3. The van der Waals surface area contributed by atoms with Gasteiger partial charge >= 0.3 is 0 Å². The molecule has 1 aliphatic rings. The van der Waals surface area contributed by atoms with E-state index < -0.39 is 6.10 Å². The third-order valence-corrected chi connectivity index (χ3v) is 2.75. The molecule has 0 saturated heterocycles. The number of hydrogen-bond donors (Lipinski definition) is 1. The van der Waals surface area contributed by atoms with Crippen molar-refractivity contribution in [2.24, 2.45) is 0 Å². The minimum absolute atomic E-state index is 0.146. The first kappa shape index (κ1) is 14.8. The van der Waals surface area contributed by atoms with Gasteiger partial charge in [-0.25, -0.2) is 0 Å². The van der Waals surface area contributed by atoms with Crippen LogP contribution in [0.2, 0.25) is 0 Å². The molecule has 19 heavy (non-hydrogen) atoms. The molecule has 0 radical (unpaired) electrons. The van der Waals surface area contributed by atoms with E-state index in [0.29, 0.717) is 17.9 Å². The fourth-order valence-electron chi connectivity index (χ4n) is 1.82. The average Bonchev–Trinajstić information content (AvgIpc) is 2.48. The monoisotopic (exact) mass is 261 g/mol. The molecule has 2 rings (SSSR count). The van der Waals surface area contributed by atoms with Crippen molar-refractivity contribution in [2.45, 2.75) is 20.0 Å². The maximum Gasteiger partial charge on any atom is 0.262 e. The van der Waals surface area contributed by atoms with Gasteiger partial charge in [0.15, 0.2) is 6.10 Å². The third-order valence-electron chi connectivity index (χ3n) is 2.75. The number of ether oxygens (including phenoxy) is 1. The molecule has 0 fully saturated rings. The van der Waals surface area contributed by atoms with Gasteiger partial charge in [-0.15, -0.1) is 0 Å². The zero-order chi connectivity index (χ0) is 14.4. The van der Waals surface area contributed by atoms with Crippen LogP contribution in [0.25, 0.3) is 0 Å². The first-order chi connectivity index (χ1) is 9.15. The van der Waals surface area contributed by atoms with Crippen LogP contribution in [0.1, 0.15) is 19.4 Å². The Morgan fingerprint density at radius 2 is 2.21 bits per heavy atom. The van der Waals surface area contributed by atoms with Gasteiger partial charge in [0.1, 0.15) is 5.75 Å². The van der Waals surface area contributed by atoms with Gasteiger partial charge in [0.05, 0.1) is 23.9 Å². The predicted molar refractivity (Wildman–Crippen MR) is 74.3 cm³/mol. The highest BCUT2D eigenvalue weighted by Gasteiger charge is 2.28. The van der Waals surface area contributed by atoms with E-state index in [-0.39, 0.29) is 5.91 Å². The molecule has 1 heterocycles. The molecule has 1 atom stereocenters. The van der Waals surface area contributed by atoms with Crippen LogP contribution in [0.3, 0.4) is 0 Å². The van der Waals surface area contributed by atoms with E-state index in [9.17, 15) is 4.79 Å². The van der Waals surface area contributed by atoms with Crippen molar-refractivity contribution in [1.29, 1.82) is 5.26 Å². The van der Waals surface area contributed by atoms with E-state index in [0.717, 1.165) is 5.69 Å². The van der Waals surface area contributed by atoms with Crippen molar-refractivity contribution in [3.05, 3.63) is 23.8 Å². The summed E-state index contributed by atoms with van der Waals surface area (Å²) in [6.07, 6.45) is -0.509. The lowest BCUT2D eigenvalue weighted by atomic mass is 10.1. The van der Waals surface area contributed by atoms with Crippen molar-refractivity contribution in [1.82, 2.24) is 5.32 Å². The number of carbonyl (C=O) groups excluding carboxylic acids is 1. The second-order valence-electron chi connectivity index (χ2n) is 3.90. The minimum Gasteiger partial charge on any atom is -0.477 e. The number of benzene rings is 1. The largest absolute Gasteiger partial charge is 0.477 e. The Kier molecular flexibility index (Phi) is 5.19. The van der Waals surface area contributed by atoms with E-state index in [4.69, 9.17) is 10.00 Å². The smallest absolute Gasteiger partial charge is 0.262 e. The van der Waals surface area contributed by atoms with Crippen molar-refractivity contribution < 1.29 is 9.53 Å². The van der Waals surface area contributed by atoms with Crippen LogP contribution in [-0.2, 0) is 4.79 Å². The van der Waals surface area contributed by atoms with Gasteiger partial charge in [0.2, 0.25) is 0 Å². The van der Waals surface area contributed by atoms with Gasteiger partial charge in [0, 0.05) is 14.1 Å². The molecular weight excluding hydrogens is 242 g/mol. The van der Waals surface area contributed by atoms with E-state index >= 15 is 0 Å². The van der Waals surface area contributed by atoms with Crippen LogP contribution in [0, 0.1) is 11.3 Å². The summed E-state index contributed by atoms with van der Waals surface area (Å²) in [5, 5.41) is 11.4. The maximum atomic E-state index is 11.5. The number of anilines is 1. The number of hydrogen-bond acceptors (Lipinski definition) is 4. The molecule has 0 aliphatic carbocycles. The van der Waals surface area contributed by atoms with Gasteiger partial charge < -0.3 is 15.0 Å². The Balaban J connectivity index is 0.000000861. The van der Waals surface area contributed by atoms with Crippen LogP contribution in [0.15, 0.2) is 18.2 Å². The zero-order valence-corrected chi connectivity index (χ0v) is 11.7. The summed E-state index contributed by atoms with van der Waals surface area (Å²) in [7, 11) is 3.46. The van der Waals surface area contributed by atoms with Gasteiger partial charge in [0.25, 0.3) is 5.91 Å². The normalized spacial score (nSPS) is 16.2. The van der Waals surface area contributed by atoms with Crippen molar-refractivity contribution >= 4 is 11.6 Å². The number of nitrogens with zero attached hydrogens (tertiary/aromatic N) is 2. The Labute approximate surface area is 113 Å². The molecule has 1 unspecified atom stereocenters. The quantitative estimate of drug-likeness (QED) is 0.832. The number of nitrogens with one attached hydrogen (secondary N) is 1. The molecule has 0 bridgehead atoms. The zero-order valence-electron chi connectivity index (χ0n) is 11.7. The van der Waals surface area contributed by atoms with E-state index in [2.05, 4.69) is 11.4 Å². The lowest BCUT2D eigenvalue weighted by Crippen LogP contribution is -2.46. The number of amides is 1. The number of rotatable bonds is 1. The van der Waals surface area contributed by atoms with Gasteiger partial charge in [-0.3, -0.25) is 4.79 Å². The van der Waals surface area contributed by atoms with Crippen molar-refractivity contribution in [2.75, 3.05) is 25.5 Å². The number of carbonyl (C=O) groups is 1. The number of likely N-dealkylation sites (N-methyl/N-ethyl adjacent to an activating group) is 2. The van der Waals surface area contributed by atoms with Crippen LogP contribution in [0.5, 0.6) is 5.75 Å². The summed E-state index contributed by atoms with van der Waals surface area (Å²) in [6.45, 7) is 4.47. The molecule has 0 aromatic heterocycles. The Hall–Kier alpha value is -2.22. The molecule has 5 nitrogen and oxygen atoms in total. The lowest BCUT2D eigenvalue weighted by Gasteiger charge is -2.32. The Morgan fingerprint density at radius 3 is 2.79 bits per heavy atom. The predicted octanol–water partition coefficient (Wildman–Crippen LogP) is 1.53. The highest BCUT2D eigenvalue weighted by Crippen LogP contribution is 2.33. The van der Waals surface area contributed by atoms with E-state index in [1.807, 2.05) is 25.8 Å². The summed E-state index contributed by atoms with van der Waals surface area (Å²) in [5.41, 5.74) is 1.42. The summed E-state index contributed by atoms with van der Waals surface area (Å²) >= 11 is 0. The van der Waals surface area contributed by atoms with E-state index in [1.165, 1.54) is 0 Å². The van der Waals surface area contributed by atoms with Crippen molar-refractivity contribution in [3.8, 4) is 11.8 Å². The van der Waals surface area contributed by atoms with Crippen LogP contribution in [-0.4, -0.2) is 32.7 Å². The topological polar surface area (TPSA) is 65.4 Å². The SMILES string of the molecule is CC.CNC(=O)C1CN(C)c2cc(C#N)ccc2O1. The Morgan fingerprint density at radius 1 is 1.53 bits per heavy atom. The highest BCUT2D eigenvalue weighted by atomic mass is 16.5. The van der Waals surface area contributed by atoms with Gasteiger partial charge in [-0.1, -0.05) is 13.8 Å². The second kappa shape index (κ2) is 6.64. The van der Waals surface area contributed by atoms with Gasteiger partial charge in [-0.2, -0.15) is 5.26 Å². The summed E-state index contributed by atoms with van der Waals surface area (Å²) in [5.74, 6) is 0.484. The first-order valence-corrected chi connectivity index (χ1v) is 6.29. The average molecular weight is 261 g/mol. The highest BCUT2D eigenvalue weighted by molar-refractivity contribution is 5.83. The number of fused-ring (bicyclic) bond motifs is 1. The lowest BCUT2D eigenvalue weighted by molar-refractivity contribution is -0.127. The van der Waals surface area contributed by atoms with Crippen LogP contribution < -0.4 is 15.0 Å². The second-order valence-corrected chi connectivity index (χ2v) is 3.90. The molecule has 1 aliphatic heterocycles. The molecule has 0 spiro atoms. The van der Waals surface area contributed by atoms with E-state index in [1.54, 1.807) is 25.2 Å².